The van der Waals surface area contributed by atoms with Gasteiger partial charge in [-0.1, -0.05) is 12.4 Å². The van der Waals surface area contributed by atoms with Crippen LogP contribution in [0.5, 0.6) is 11.5 Å². The highest BCUT2D eigenvalue weighted by Gasteiger charge is 2.35. The van der Waals surface area contributed by atoms with Crippen molar-refractivity contribution in [3.8, 4) is 11.5 Å². The summed E-state index contributed by atoms with van der Waals surface area (Å²) >= 11 is 0. The Hall–Kier alpha value is -2.30. The molecule has 3 aliphatic heterocycles. The van der Waals surface area contributed by atoms with Crippen LogP contribution in [0.2, 0.25) is 6.32 Å². The number of ether oxygens (including phenoxy) is 1. The van der Waals surface area contributed by atoms with Crippen molar-refractivity contribution < 1.29 is 34.1 Å². The quantitative estimate of drug-likeness (QED) is 0.526. The number of amides is 1. The molecule has 0 aromatic heterocycles. The second kappa shape index (κ2) is 7.27. The maximum Gasteiger partial charge on any atom is 0.430 e. The van der Waals surface area contributed by atoms with Crippen LogP contribution in [0.1, 0.15) is 35.2 Å². The molecule has 152 valence electrons. The van der Waals surface area contributed by atoms with E-state index in [-0.39, 0.29) is 47.9 Å². The van der Waals surface area contributed by atoms with Crippen LogP contribution in [0.15, 0.2) is 12.1 Å². The van der Waals surface area contributed by atoms with E-state index in [0.717, 1.165) is 19.4 Å². The van der Waals surface area contributed by atoms with E-state index in [2.05, 4.69) is 5.32 Å². The van der Waals surface area contributed by atoms with Gasteiger partial charge in [0, 0.05) is 12.5 Å². The Bertz CT molecular complexity index is 788. The fraction of sp³-hybridized carbons (Fsp3) is 0.556. The molecular formula is C18H23BN2O7-2. The highest BCUT2D eigenvalue weighted by molar-refractivity contribution is 6.59. The number of likely N-dealkylation sites (tertiary alicyclic amines) is 1. The van der Waals surface area contributed by atoms with Gasteiger partial charge < -0.3 is 39.6 Å². The smallest absolute Gasteiger partial charge is 0.430 e. The molecule has 2 fully saturated rings. The van der Waals surface area contributed by atoms with Crippen LogP contribution in [0.3, 0.4) is 0 Å². The van der Waals surface area contributed by atoms with Crippen molar-refractivity contribution in [2.45, 2.75) is 44.1 Å². The number of carbonyl (C=O) groups is 2. The summed E-state index contributed by atoms with van der Waals surface area (Å²) in [5.41, 5.74) is 0.230. The number of carbonyl (C=O) groups excluding carboxylic acids is 2. The van der Waals surface area contributed by atoms with Crippen LogP contribution in [0, 0.1) is 0 Å². The summed E-state index contributed by atoms with van der Waals surface area (Å²) in [5.74, 6) is -1.53. The highest BCUT2D eigenvalue weighted by atomic mass is 16.6. The molecule has 0 aliphatic carbocycles. The number of carboxylic acids is 1. The first-order valence-corrected chi connectivity index (χ1v) is 9.67. The van der Waals surface area contributed by atoms with Crippen molar-refractivity contribution in [3.05, 3.63) is 23.3 Å². The van der Waals surface area contributed by atoms with E-state index in [0.29, 0.717) is 25.1 Å². The highest BCUT2D eigenvalue weighted by Crippen LogP contribution is 2.38. The minimum Gasteiger partial charge on any atom is -0.669 e. The normalized spacial score (nSPS) is 23.5. The van der Waals surface area contributed by atoms with E-state index in [1.807, 2.05) is 0 Å². The summed E-state index contributed by atoms with van der Waals surface area (Å²) in [7, 11) is 0. The van der Waals surface area contributed by atoms with Crippen molar-refractivity contribution in [2.24, 2.45) is 0 Å². The molecule has 3 heterocycles. The number of aromatic carboxylic acids is 1. The molecule has 10 heteroatoms. The Balaban J connectivity index is 1.42. The monoisotopic (exact) mass is 390 g/mol. The maximum atomic E-state index is 12.3. The predicted molar refractivity (Wildman–Crippen MR) is 96.7 cm³/mol. The Kier molecular flexibility index (Phi) is 4.94. The van der Waals surface area contributed by atoms with Crippen molar-refractivity contribution >= 4 is 18.6 Å². The second-order valence-electron chi connectivity index (χ2n) is 7.77. The topological polar surface area (TPSA) is 131 Å². The Morgan fingerprint density at radius 1 is 1.36 bits per heavy atom. The molecule has 28 heavy (non-hydrogen) atoms. The lowest BCUT2D eigenvalue weighted by Gasteiger charge is -2.41. The van der Waals surface area contributed by atoms with Gasteiger partial charge in [0.1, 0.15) is 11.9 Å². The summed E-state index contributed by atoms with van der Waals surface area (Å²) in [6.07, 6.45) is 2.49. The number of nitrogens with one attached hydrogen (secondary N) is 1. The number of hydrogen-bond donors (Lipinski definition) is 3. The van der Waals surface area contributed by atoms with Crippen molar-refractivity contribution in [2.75, 3.05) is 19.6 Å². The maximum absolute atomic E-state index is 12.3. The molecule has 0 bridgehead atoms. The lowest BCUT2D eigenvalue weighted by atomic mass is 9.70. The zero-order valence-corrected chi connectivity index (χ0v) is 15.4. The molecule has 1 atom stereocenters. The van der Waals surface area contributed by atoms with Crippen LogP contribution in [0.4, 0.5) is 0 Å². The first kappa shape index (κ1) is 19.0. The third kappa shape index (κ3) is 3.80. The molecule has 2 saturated heterocycles. The summed E-state index contributed by atoms with van der Waals surface area (Å²) in [6.45, 7) is -1.40. The zero-order chi connectivity index (χ0) is 19.9. The van der Waals surface area contributed by atoms with Gasteiger partial charge in [0.2, 0.25) is 5.91 Å². The van der Waals surface area contributed by atoms with Crippen molar-refractivity contribution in [3.63, 3.8) is 0 Å². The standard InChI is InChI=1S/C18H24BN2O7/c22-15(8-12-2-1-7-20-12)21-9-13(10-21)27-14-4-3-11-5-6-19(25,26)28-17(11)16(14)18(23)24/h3-4,12-13,20,25-26H,1-2,5-10H2,(H,23,24)/q-1/p-1/t12-/m1/s1. The third-order valence-corrected chi connectivity index (χ3v) is 5.58. The van der Waals surface area contributed by atoms with Crippen LogP contribution in [-0.2, 0) is 11.2 Å². The SMILES string of the molecule is O=C([O-])c1c(OC2CN(C(=O)C[C@H]3CCCN3)C2)ccc2c1O[B-](O)(O)CC2. The molecule has 3 aliphatic rings. The predicted octanol–water partition coefficient (Wildman–Crippen LogP) is -1.36. The number of fused-ring (bicyclic) bond motifs is 1. The number of rotatable bonds is 5. The fourth-order valence-corrected chi connectivity index (χ4v) is 3.99. The number of benzene rings is 1. The Morgan fingerprint density at radius 2 is 2.14 bits per heavy atom. The molecule has 0 saturated carbocycles. The average molecular weight is 390 g/mol. The molecule has 0 radical (unpaired) electrons. The van der Waals surface area contributed by atoms with Gasteiger partial charge in [0.15, 0.2) is 0 Å². The number of nitrogens with zero attached hydrogens (tertiary/aromatic N) is 1. The van der Waals surface area contributed by atoms with E-state index in [1.54, 1.807) is 11.0 Å². The number of hydrogen-bond acceptors (Lipinski definition) is 8. The summed E-state index contributed by atoms with van der Waals surface area (Å²) in [5, 5.41) is 34.5. The number of aryl methyl sites for hydroxylation is 1. The van der Waals surface area contributed by atoms with E-state index in [9.17, 15) is 24.7 Å². The van der Waals surface area contributed by atoms with E-state index >= 15 is 0 Å². The molecule has 1 aromatic carbocycles. The summed E-state index contributed by atoms with van der Waals surface area (Å²) in [4.78, 5) is 25.6. The van der Waals surface area contributed by atoms with E-state index in [1.165, 1.54) is 6.07 Å². The lowest BCUT2D eigenvalue weighted by Crippen LogP contribution is -2.57. The van der Waals surface area contributed by atoms with Gasteiger partial charge in [-0.05, 0) is 37.4 Å². The zero-order valence-electron chi connectivity index (χ0n) is 15.4. The van der Waals surface area contributed by atoms with Gasteiger partial charge in [-0.15, -0.1) is 0 Å². The van der Waals surface area contributed by atoms with Gasteiger partial charge in [-0.25, -0.2) is 0 Å². The largest absolute Gasteiger partial charge is 0.669 e. The van der Waals surface area contributed by atoms with Crippen molar-refractivity contribution in [1.82, 2.24) is 10.2 Å². The third-order valence-electron chi connectivity index (χ3n) is 5.58. The van der Waals surface area contributed by atoms with Crippen molar-refractivity contribution in [1.29, 1.82) is 0 Å². The lowest BCUT2D eigenvalue weighted by molar-refractivity contribution is -0.255. The average Bonchev–Trinajstić information content (AvgIpc) is 3.08. The molecule has 9 nitrogen and oxygen atoms in total. The second-order valence-corrected chi connectivity index (χ2v) is 7.77. The van der Waals surface area contributed by atoms with Crippen LogP contribution >= 0.6 is 0 Å². The van der Waals surface area contributed by atoms with Gasteiger partial charge in [0.05, 0.1) is 30.4 Å². The molecule has 4 rings (SSSR count). The molecule has 0 unspecified atom stereocenters. The van der Waals surface area contributed by atoms with Gasteiger partial charge >= 0.3 is 6.75 Å². The van der Waals surface area contributed by atoms with E-state index < -0.39 is 12.7 Å². The van der Waals surface area contributed by atoms with E-state index in [4.69, 9.17) is 9.39 Å². The fourth-order valence-electron chi connectivity index (χ4n) is 3.99. The minimum absolute atomic E-state index is 0.00472. The number of carboxylic acid groups (broad SMARTS) is 1. The van der Waals surface area contributed by atoms with Crippen LogP contribution in [-0.4, -0.2) is 65.4 Å². The van der Waals surface area contributed by atoms with Gasteiger partial charge in [-0.3, -0.25) is 4.79 Å². The first-order valence-electron chi connectivity index (χ1n) is 9.67. The molecule has 0 spiro atoms. The Labute approximate surface area is 162 Å². The first-order chi connectivity index (χ1) is 13.3. The van der Waals surface area contributed by atoms with Gasteiger partial charge in [-0.2, -0.15) is 0 Å². The van der Waals surface area contributed by atoms with Crippen LogP contribution < -0.4 is 19.8 Å². The Morgan fingerprint density at radius 3 is 2.82 bits per heavy atom. The summed E-state index contributed by atoms with van der Waals surface area (Å²) in [6, 6.07) is 3.40. The minimum atomic E-state index is -3.10. The molecule has 1 aromatic rings. The summed E-state index contributed by atoms with van der Waals surface area (Å²) < 4.78 is 10.9. The molecular weight excluding hydrogens is 367 g/mol. The molecule has 3 N–H and O–H groups in total. The molecule has 1 amide bonds. The van der Waals surface area contributed by atoms with Gasteiger partial charge in [0.25, 0.3) is 0 Å². The van der Waals surface area contributed by atoms with Crippen LogP contribution in [0.25, 0.3) is 0 Å².